The molecular formula is C12H22. The van der Waals surface area contributed by atoms with Gasteiger partial charge in [-0.3, -0.25) is 0 Å². The van der Waals surface area contributed by atoms with E-state index in [1.54, 1.807) is 0 Å². The summed E-state index contributed by atoms with van der Waals surface area (Å²) in [5, 5.41) is 0. The Morgan fingerprint density at radius 2 is 2.00 bits per heavy atom. The van der Waals surface area contributed by atoms with E-state index in [9.17, 15) is 0 Å². The summed E-state index contributed by atoms with van der Waals surface area (Å²) in [7, 11) is 0. The Hall–Kier alpha value is -0.520. The zero-order chi connectivity index (χ0) is 9.40. The van der Waals surface area contributed by atoms with Crippen LogP contribution in [0.4, 0.5) is 0 Å². The van der Waals surface area contributed by atoms with Gasteiger partial charge in [0.2, 0.25) is 0 Å². The molecule has 0 rings (SSSR count). The minimum atomic E-state index is 0.794. The van der Waals surface area contributed by atoms with Crippen LogP contribution in [-0.2, 0) is 0 Å². The highest BCUT2D eigenvalue weighted by Gasteiger charge is 1.88. The predicted molar refractivity (Wildman–Crippen MR) is 57.3 cm³/mol. The van der Waals surface area contributed by atoms with Gasteiger partial charge in [0.25, 0.3) is 0 Å². The lowest BCUT2D eigenvalue weighted by atomic mass is 10.1. The molecule has 12 heavy (non-hydrogen) atoms. The number of unbranched alkanes of at least 4 members (excludes halogenated alkanes) is 1. The van der Waals surface area contributed by atoms with Gasteiger partial charge < -0.3 is 0 Å². The SMILES string of the molecule is C=C(C)CCCC=CCC(C)C. The summed E-state index contributed by atoms with van der Waals surface area (Å²) in [5.74, 6) is 0.794. The minimum Gasteiger partial charge on any atom is -0.100 e. The van der Waals surface area contributed by atoms with Crippen molar-refractivity contribution in [2.75, 3.05) is 0 Å². The fourth-order valence-electron chi connectivity index (χ4n) is 1.01. The van der Waals surface area contributed by atoms with Gasteiger partial charge in [-0.2, -0.15) is 0 Å². The average molecular weight is 166 g/mol. The molecule has 0 spiro atoms. The van der Waals surface area contributed by atoms with Crippen LogP contribution in [0.5, 0.6) is 0 Å². The second-order valence-electron chi connectivity index (χ2n) is 3.95. The lowest BCUT2D eigenvalue weighted by Crippen LogP contribution is -1.81. The molecule has 0 aliphatic carbocycles. The third-order valence-corrected chi connectivity index (χ3v) is 1.75. The molecule has 0 heterocycles. The molecule has 0 aromatic heterocycles. The van der Waals surface area contributed by atoms with Crippen molar-refractivity contribution in [3.8, 4) is 0 Å². The lowest BCUT2D eigenvalue weighted by molar-refractivity contribution is 0.661. The third kappa shape index (κ3) is 9.48. The Morgan fingerprint density at radius 3 is 2.50 bits per heavy atom. The van der Waals surface area contributed by atoms with Gasteiger partial charge in [0, 0.05) is 0 Å². The van der Waals surface area contributed by atoms with E-state index in [0.29, 0.717) is 0 Å². The van der Waals surface area contributed by atoms with E-state index in [4.69, 9.17) is 0 Å². The smallest absolute Gasteiger partial charge is 0.0323 e. The van der Waals surface area contributed by atoms with Crippen LogP contribution in [0, 0.1) is 5.92 Å². The summed E-state index contributed by atoms with van der Waals surface area (Å²) >= 11 is 0. The van der Waals surface area contributed by atoms with Gasteiger partial charge in [-0.1, -0.05) is 31.6 Å². The normalized spacial score (nSPS) is 11.3. The summed E-state index contributed by atoms with van der Waals surface area (Å²) in [4.78, 5) is 0. The molecule has 0 saturated heterocycles. The van der Waals surface area contributed by atoms with E-state index >= 15 is 0 Å². The predicted octanol–water partition coefficient (Wildman–Crippen LogP) is 4.34. The van der Waals surface area contributed by atoms with Crippen LogP contribution in [0.3, 0.4) is 0 Å². The standard InChI is InChI=1S/C12H22/c1-11(2)9-7-5-6-8-10-12(3)4/h6,8,12H,1,5,7,9-10H2,2-4H3. The average Bonchev–Trinajstić information content (AvgIpc) is 1.95. The van der Waals surface area contributed by atoms with Gasteiger partial charge in [-0.05, 0) is 38.5 Å². The van der Waals surface area contributed by atoms with Crippen molar-refractivity contribution in [2.45, 2.75) is 46.5 Å². The summed E-state index contributed by atoms with van der Waals surface area (Å²) < 4.78 is 0. The van der Waals surface area contributed by atoms with Crippen LogP contribution in [-0.4, -0.2) is 0 Å². The van der Waals surface area contributed by atoms with Gasteiger partial charge in [0.15, 0.2) is 0 Å². The molecule has 0 aliphatic heterocycles. The molecule has 0 aliphatic rings. The molecule has 70 valence electrons. The largest absolute Gasteiger partial charge is 0.100 e. The highest BCUT2D eigenvalue weighted by molar-refractivity contribution is 4.89. The van der Waals surface area contributed by atoms with Crippen LogP contribution in [0.25, 0.3) is 0 Å². The van der Waals surface area contributed by atoms with Crippen LogP contribution in [0.15, 0.2) is 24.3 Å². The Morgan fingerprint density at radius 1 is 1.33 bits per heavy atom. The van der Waals surface area contributed by atoms with Gasteiger partial charge in [0.05, 0.1) is 0 Å². The van der Waals surface area contributed by atoms with Gasteiger partial charge in [-0.25, -0.2) is 0 Å². The van der Waals surface area contributed by atoms with Crippen LogP contribution < -0.4 is 0 Å². The minimum absolute atomic E-state index is 0.794. The first-order valence-corrected chi connectivity index (χ1v) is 4.92. The molecule has 0 nitrogen and oxygen atoms in total. The Labute approximate surface area is 77.4 Å². The number of hydrogen-bond donors (Lipinski definition) is 0. The first kappa shape index (κ1) is 11.5. The van der Waals surface area contributed by atoms with Crippen LogP contribution in [0.1, 0.15) is 46.5 Å². The summed E-state index contributed by atoms with van der Waals surface area (Å²) in [6.07, 6.45) is 9.44. The first-order valence-electron chi connectivity index (χ1n) is 4.92. The second-order valence-corrected chi connectivity index (χ2v) is 3.95. The van der Waals surface area contributed by atoms with Crippen LogP contribution >= 0.6 is 0 Å². The van der Waals surface area contributed by atoms with Crippen molar-refractivity contribution in [3.63, 3.8) is 0 Å². The maximum absolute atomic E-state index is 3.88. The summed E-state index contributed by atoms with van der Waals surface area (Å²) in [6, 6.07) is 0. The Bertz CT molecular complexity index is 140. The maximum Gasteiger partial charge on any atom is -0.0323 e. The molecule has 0 radical (unpaired) electrons. The van der Waals surface area contributed by atoms with E-state index in [-0.39, 0.29) is 0 Å². The molecule has 0 heteroatoms. The fraction of sp³-hybridized carbons (Fsp3) is 0.667. The topological polar surface area (TPSA) is 0 Å². The van der Waals surface area contributed by atoms with Crippen molar-refractivity contribution in [1.29, 1.82) is 0 Å². The van der Waals surface area contributed by atoms with Crippen molar-refractivity contribution in [3.05, 3.63) is 24.3 Å². The maximum atomic E-state index is 3.88. The highest BCUT2D eigenvalue weighted by Crippen LogP contribution is 2.06. The van der Waals surface area contributed by atoms with Crippen molar-refractivity contribution in [1.82, 2.24) is 0 Å². The third-order valence-electron chi connectivity index (χ3n) is 1.75. The summed E-state index contributed by atoms with van der Waals surface area (Å²) in [6.45, 7) is 10.5. The zero-order valence-corrected chi connectivity index (χ0v) is 8.77. The van der Waals surface area contributed by atoms with Crippen LogP contribution in [0.2, 0.25) is 0 Å². The van der Waals surface area contributed by atoms with E-state index in [0.717, 1.165) is 5.92 Å². The van der Waals surface area contributed by atoms with Crippen molar-refractivity contribution < 1.29 is 0 Å². The first-order chi connectivity index (χ1) is 5.63. The fourth-order valence-corrected chi connectivity index (χ4v) is 1.01. The highest BCUT2D eigenvalue weighted by atomic mass is 13.9. The Kier molecular flexibility index (Phi) is 6.84. The molecule has 0 fully saturated rings. The number of hydrogen-bond acceptors (Lipinski definition) is 0. The molecular weight excluding hydrogens is 144 g/mol. The van der Waals surface area contributed by atoms with Crippen molar-refractivity contribution in [2.24, 2.45) is 5.92 Å². The van der Waals surface area contributed by atoms with Crippen molar-refractivity contribution >= 4 is 0 Å². The molecule has 0 amide bonds. The van der Waals surface area contributed by atoms with E-state index in [1.807, 2.05) is 0 Å². The Balaban J connectivity index is 3.19. The van der Waals surface area contributed by atoms with E-state index in [1.165, 1.54) is 31.3 Å². The summed E-state index contributed by atoms with van der Waals surface area (Å²) in [5.41, 5.74) is 1.30. The molecule has 0 atom stereocenters. The quantitative estimate of drug-likeness (QED) is 0.407. The van der Waals surface area contributed by atoms with Gasteiger partial charge >= 0.3 is 0 Å². The molecule has 0 N–H and O–H groups in total. The molecule has 0 aromatic carbocycles. The van der Waals surface area contributed by atoms with E-state index < -0.39 is 0 Å². The van der Waals surface area contributed by atoms with E-state index in [2.05, 4.69) is 39.5 Å². The number of rotatable bonds is 6. The number of allylic oxidation sites excluding steroid dienone is 3. The molecule has 0 saturated carbocycles. The second kappa shape index (κ2) is 7.15. The molecule has 0 aromatic rings. The zero-order valence-electron chi connectivity index (χ0n) is 8.77. The lowest BCUT2D eigenvalue weighted by Gasteiger charge is -1.97. The molecule has 0 bridgehead atoms. The molecule has 0 unspecified atom stereocenters. The monoisotopic (exact) mass is 166 g/mol. The van der Waals surface area contributed by atoms with Gasteiger partial charge in [0.1, 0.15) is 0 Å². The van der Waals surface area contributed by atoms with Gasteiger partial charge in [-0.15, -0.1) is 6.58 Å².